The lowest BCUT2D eigenvalue weighted by Crippen LogP contribution is -2.59. The number of carboxylic acids is 1. The number of amides is 5. The van der Waals surface area contributed by atoms with Crippen LogP contribution in [-0.2, 0) is 119 Å². The SMILES string of the molecule is COCCOCCOCCOCCOCCOCCOCCOCCOCCOCCOCCOCCn1cc(C(CC(=O)N[C@H](C(=O)N[C@@H](C)C(=O)Nc2ccc(COC(=O)C(C)(C)C)c(CC[C@@H]3O[C@H](C(=O)O)[C@@H](O)[C@H](O)[C@H]3O)c2)C(C)C)N2C(=O)C=CC2=O)nn1. The number of hydrogen-bond acceptors (Lipinski definition) is 26. The number of methoxy groups -OCH3 is 1. The van der Waals surface area contributed by atoms with Crippen LogP contribution in [0.2, 0.25) is 0 Å². The number of carbonyl (C=O) groups is 7. The van der Waals surface area contributed by atoms with Crippen molar-refractivity contribution in [3.63, 3.8) is 0 Å². The molecule has 4 rings (SSSR count). The number of ether oxygens (including phenoxy) is 14. The third kappa shape index (κ3) is 30.8. The van der Waals surface area contributed by atoms with E-state index in [0.29, 0.717) is 150 Å². The highest BCUT2D eigenvalue weighted by molar-refractivity contribution is 6.13. The van der Waals surface area contributed by atoms with Gasteiger partial charge >= 0.3 is 11.9 Å². The van der Waals surface area contributed by atoms with Gasteiger partial charge in [-0.25, -0.2) is 9.48 Å². The Morgan fingerprint density at radius 1 is 0.617 bits per heavy atom. The quantitative estimate of drug-likeness (QED) is 0.0254. The van der Waals surface area contributed by atoms with Crippen LogP contribution < -0.4 is 16.0 Å². The fourth-order valence-corrected chi connectivity index (χ4v) is 8.91. The van der Waals surface area contributed by atoms with Gasteiger partial charge in [0.15, 0.2) is 6.10 Å². The predicted molar refractivity (Wildman–Crippen MR) is 331 cm³/mol. The minimum atomic E-state index is -1.88. The molecule has 0 spiro atoms. The second-order valence-corrected chi connectivity index (χ2v) is 23.0. The van der Waals surface area contributed by atoms with Gasteiger partial charge in [0.05, 0.1) is 189 Å². The molecular formula is C62H99N7O25. The van der Waals surface area contributed by atoms with E-state index in [1.54, 1.807) is 53.9 Å². The molecule has 1 unspecified atom stereocenters. The third-order valence-corrected chi connectivity index (χ3v) is 14.2. The fourth-order valence-electron chi connectivity index (χ4n) is 8.91. The standard InChI is InChI=1S/C62H99N7O25/c1-42(2)53(59(77)63-43(3)58(76)64-46-10-8-45(41-93-61(80)62(4,5)6)44(38-46)9-11-49-54(73)55(74)56(75)57(94-49)60(78)79)65-50(70)39-48(69-51(71)12-13-52(69)72)47-40-68(67-66-47)14-15-82-18-19-84-22-23-86-26-27-88-30-31-90-34-35-92-37-36-91-33-32-89-29-28-87-25-24-85-21-20-83-17-16-81-7/h8,10,12-13,38,40,42-43,48-49,53-57,73-75H,9,11,14-37,39,41H2,1-7H3,(H,63,77)(H,64,76)(H,65,70)(H,78,79)/t43-,48?,49-,53-,54-,55+,56-,57-/m0/s1. The maximum atomic E-state index is 13.8. The van der Waals surface area contributed by atoms with E-state index < -0.39 is 108 Å². The maximum Gasteiger partial charge on any atom is 0.335 e. The summed E-state index contributed by atoms with van der Waals surface area (Å²) in [5, 5.41) is 57.1. The van der Waals surface area contributed by atoms with E-state index in [-0.39, 0.29) is 50.6 Å². The van der Waals surface area contributed by atoms with Gasteiger partial charge in [-0.15, -0.1) is 5.10 Å². The van der Waals surface area contributed by atoms with Crippen molar-refractivity contribution in [2.24, 2.45) is 11.3 Å². The van der Waals surface area contributed by atoms with E-state index in [9.17, 15) is 54.0 Å². The van der Waals surface area contributed by atoms with E-state index in [1.165, 1.54) is 23.9 Å². The first-order valence-electron chi connectivity index (χ1n) is 31.5. The summed E-state index contributed by atoms with van der Waals surface area (Å²) >= 11 is 0. The number of benzene rings is 1. The summed E-state index contributed by atoms with van der Waals surface area (Å²) in [7, 11) is 1.63. The van der Waals surface area contributed by atoms with Crippen LogP contribution in [0, 0.1) is 11.3 Å². The van der Waals surface area contributed by atoms with Crippen molar-refractivity contribution in [2.75, 3.05) is 164 Å². The van der Waals surface area contributed by atoms with Crippen molar-refractivity contribution in [1.82, 2.24) is 30.5 Å². The lowest BCUT2D eigenvalue weighted by atomic mass is 9.91. The van der Waals surface area contributed by atoms with Crippen LogP contribution >= 0.6 is 0 Å². The largest absolute Gasteiger partial charge is 0.479 e. The first kappa shape index (κ1) is 80.4. The Balaban J connectivity index is 1.09. The highest BCUT2D eigenvalue weighted by atomic mass is 16.6. The summed E-state index contributed by atoms with van der Waals surface area (Å²) in [5.41, 5.74) is 0.531. The lowest BCUT2D eigenvalue weighted by molar-refractivity contribution is -0.228. The van der Waals surface area contributed by atoms with E-state index in [4.69, 9.17) is 66.3 Å². The van der Waals surface area contributed by atoms with Crippen LogP contribution in [0.15, 0.2) is 36.5 Å². The molecule has 0 saturated carbocycles. The van der Waals surface area contributed by atoms with Crippen molar-refractivity contribution >= 4 is 47.2 Å². The van der Waals surface area contributed by atoms with Crippen LogP contribution in [0.4, 0.5) is 5.69 Å². The van der Waals surface area contributed by atoms with Crippen molar-refractivity contribution in [3.05, 3.63) is 53.4 Å². The normalized spacial score (nSPS) is 18.4. The zero-order valence-corrected chi connectivity index (χ0v) is 55.1. The van der Waals surface area contributed by atoms with Crippen LogP contribution in [0.25, 0.3) is 0 Å². The van der Waals surface area contributed by atoms with Gasteiger partial charge in [-0.3, -0.25) is 33.7 Å². The molecule has 32 heteroatoms. The van der Waals surface area contributed by atoms with E-state index in [1.807, 2.05) is 0 Å². The Morgan fingerprint density at radius 3 is 1.53 bits per heavy atom. The molecule has 2 aliphatic rings. The molecule has 7 N–H and O–H groups in total. The van der Waals surface area contributed by atoms with Gasteiger partial charge in [-0.05, 0) is 69.7 Å². The first-order chi connectivity index (χ1) is 45.1. The monoisotopic (exact) mass is 1340 g/mol. The van der Waals surface area contributed by atoms with Crippen molar-refractivity contribution in [1.29, 1.82) is 0 Å². The zero-order valence-electron chi connectivity index (χ0n) is 55.1. The molecular weight excluding hydrogens is 1240 g/mol. The molecule has 5 amide bonds. The molecule has 1 saturated heterocycles. The number of aryl methyl sites for hydroxylation is 1. The smallest absolute Gasteiger partial charge is 0.335 e. The van der Waals surface area contributed by atoms with Crippen LogP contribution in [0.1, 0.15) is 77.2 Å². The molecule has 94 heavy (non-hydrogen) atoms. The highest BCUT2D eigenvalue weighted by Crippen LogP contribution is 2.29. The number of anilines is 1. The zero-order chi connectivity index (χ0) is 68.7. The molecule has 32 nitrogen and oxygen atoms in total. The molecule has 0 radical (unpaired) electrons. The summed E-state index contributed by atoms with van der Waals surface area (Å²) in [4.78, 5) is 92.4. The van der Waals surface area contributed by atoms with Gasteiger partial charge in [0, 0.05) is 24.9 Å². The summed E-state index contributed by atoms with van der Waals surface area (Å²) in [6.07, 6.45) is -5.23. The number of rotatable bonds is 52. The van der Waals surface area contributed by atoms with Gasteiger partial charge in [-0.2, -0.15) is 0 Å². The average molecular weight is 1340 g/mol. The molecule has 1 aromatic heterocycles. The molecule has 532 valence electrons. The van der Waals surface area contributed by atoms with Gasteiger partial charge < -0.3 is 103 Å². The molecule has 1 fully saturated rings. The summed E-state index contributed by atoms with van der Waals surface area (Å²) in [5.74, 6) is -6.02. The van der Waals surface area contributed by atoms with Crippen LogP contribution in [0.3, 0.4) is 0 Å². The number of esters is 1. The van der Waals surface area contributed by atoms with E-state index in [2.05, 4.69) is 26.3 Å². The van der Waals surface area contributed by atoms with E-state index in [0.717, 1.165) is 17.1 Å². The number of aliphatic hydroxyl groups excluding tert-OH is 3. The van der Waals surface area contributed by atoms with Gasteiger partial charge in [0.25, 0.3) is 11.8 Å². The number of aliphatic carboxylic acids is 1. The maximum absolute atomic E-state index is 13.8. The van der Waals surface area contributed by atoms with Crippen molar-refractivity contribution in [2.45, 2.75) is 123 Å². The van der Waals surface area contributed by atoms with Crippen LogP contribution in [-0.4, -0.2) is 283 Å². The van der Waals surface area contributed by atoms with Gasteiger partial charge in [0.1, 0.15) is 42.7 Å². The Hall–Kier alpha value is -6.05. The third-order valence-electron chi connectivity index (χ3n) is 14.2. The lowest BCUT2D eigenvalue weighted by Gasteiger charge is -2.39. The minimum absolute atomic E-state index is 0.0603. The molecule has 2 aromatic rings. The first-order valence-corrected chi connectivity index (χ1v) is 31.5. The van der Waals surface area contributed by atoms with Crippen LogP contribution in [0.5, 0.6) is 0 Å². The summed E-state index contributed by atoms with van der Waals surface area (Å²) in [6, 6.07) is 1.10. The summed E-state index contributed by atoms with van der Waals surface area (Å²) < 4.78 is 77.9. The summed E-state index contributed by atoms with van der Waals surface area (Å²) in [6.45, 7) is 19.7. The van der Waals surface area contributed by atoms with Crippen molar-refractivity contribution < 1.29 is 120 Å². The van der Waals surface area contributed by atoms with Gasteiger partial charge in [0.2, 0.25) is 17.7 Å². The number of carboxylic acid groups (broad SMARTS) is 1. The average Bonchev–Trinajstić information content (AvgIpc) is 1.43. The van der Waals surface area contributed by atoms with Crippen molar-refractivity contribution in [3.8, 4) is 0 Å². The number of imide groups is 1. The molecule has 1 aromatic carbocycles. The molecule has 0 aliphatic carbocycles. The molecule has 3 heterocycles. The Labute approximate surface area is 548 Å². The molecule has 8 atom stereocenters. The van der Waals surface area contributed by atoms with E-state index >= 15 is 0 Å². The fraction of sp³-hybridized carbons (Fsp3) is 0.726. The number of aliphatic hydroxyl groups is 3. The predicted octanol–water partition coefficient (Wildman–Crippen LogP) is -0.296. The number of carbonyl (C=O) groups excluding carboxylic acids is 6. The highest BCUT2D eigenvalue weighted by Gasteiger charge is 2.46. The number of aromatic nitrogens is 3. The Bertz CT molecular complexity index is 2570. The Kier molecular flexibility index (Phi) is 38.8. The molecule has 0 bridgehead atoms. The number of hydrogen-bond donors (Lipinski definition) is 7. The molecule has 2 aliphatic heterocycles. The number of nitrogens with one attached hydrogen (secondary N) is 3. The second kappa shape index (κ2) is 45.4. The number of nitrogens with zero attached hydrogens (tertiary/aromatic N) is 4. The minimum Gasteiger partial charge on any atom is -0.479 e. The topological polar surface area (TPSA) is 400 Å². The Morgan fingerprint density at radius 2 is 1.09 bits per heavy atom. The van der Waals surface area contributed by atoms with Gasteiger partial charge in [-0.1, -0.05) is 25.1 Å². The second-order valence-electron chi connectivity index (χ2n) is 23.0.